The number of nitrogen functional groups attached to an aromatic ring is 1. The lowest BCUT2D eigenvalue weighted by atomic mass is 10.2. The van der Waals surface area contributed by atoms with Crippen LogP contribution in [-0.4, -0.2) is 4.98 Å². The Bertz CT molecular complexity index is 573. The zero-order valence-electron chi connectivity index (χ0n) is 9.78. The fourth-order valence-corrected chi connectivity index (χ4v) is 2.93. The molecule has 1 aromatic heterocycles. The molecule has 0 fully saturated rings. The highest BCUT2D eigenvalue weighted by molar-refractivity contribution is 7.98. The van der Waals surface area contributed by atoms with E-state index in [1.54, 1.807) is 24.0 Å². The maximum atomic E-state index is 6.09. The Morgan fingerprint density at radius 2 is 2.06 bits per heavy atom. The van der Waals surface area contributed by atoms with Crippen LogP contribution in [0.4, 0.5) is 5.69 Å². The number of aryl methyl sites for hydroxylation is 1. The minimum atomic E-state index is 0.414. The van der Waals surface area contributed by atoms with Crippen molar-refractivity contribution in [2.75, 3.05) is 5.73 Å². The summed E-state index contributed by atoms with van der Waals surface area (Å²) < 4.78 is 0. The van der Waals surface area contributed by atoms with Crippen LogP contribution in [0.3, 0.4) is 0 Å². The van der Waals surface area contributed by atoms with Gasteiger partial charge < -0.3 is 5.73 Å². The van der Waals surface area contributed by atoms with Gasteiger partial charge in [0.15, 0.2) is 0 Å². The lowest BCUT2D eigenvalue weighted by Gasteiger charge is -2.06. The van der Waals surface area contributed by atoms with Crippen LogP contribution < -0.4 is 5.73 Å². The van der Waals surface area contributed by atoms with Crippen molar-refractivity contribution < 1.29 is 0 Å². The second-order valence-electron chi connectivity index (χ2n) is 3.91. The van der Waals surface area contributed by atoms with E-state index in [2.05, 4.69) is 11.1 Å². The highest BCUT2D eigenvalue weighted by Gasteiger charge is 2.04. The van der Waals surface area contributed by atoms with Crippen molar-refractivity contribution in [3.63, 3.8) is 0 Å². The summed E-state index contributed by atoms with van der Waals surface area (Å²) in [5, 5.41) is 1.06. The summed E-state index contributed by atoms with van der Waals surface area (Å²) in [6.07, 6.45) is 1.71. The molecule has 1 aromatic carbocycles. The molecule has 2 N–H and O–H groups in total. The van der Waals surface area contributed by atoms with Gasteiger partial charge in [0, 0.05) is 27.6 Å². The van der Waals surface area contributed by atoms with Gasteiger partial charge in [-0.15, -0.1) is 11.8 Å². The molecule has 0 aliphatic heterocycles. The van der Waals surface area contributed by atoms with Gasteiger partial charge in [0.2, 0.25) is 0 Å². The third-order valence-electron chi connectivity index (χ3n) is 2.53. The largest absolute Gasteiger partial charge is 0.399 e. The van der Waals surface area contributed by atoms with Crippen molar-refractivity contribution in [3.05, 3.63) is 51.8 Å². The van der Waals surface area contributed by atoms with Gasteiger partial charge in [-0.1, -0.05) is 23.2 Å². The molecule has 0 aliphatic carbocycles. The summed E-state index contributed by atoms with van der Waals surface area (Å²) in [5.41, 5.74) is 8.65. The number of aromatic nitrogens is 1. The van der Waals surface area contributed by atoms with Gasteiger partial charge in [-0.3, -0.25) is 0 Å². The van der Waals surface area contributed by atoms with Crippen molar-refractivity contribution in [1.29, 1.82) is 0 Å². The predicted molar refractivity (Wildman–Crippen MR) is 79.4 cm³/mol. The highest BCUT2D eigenvalue weighted by Crippen LogP contribution is 2.29. The average molecular weight is 299 g/mol. The second kappa shape index (κ2) is 5.83. The molecule has 0 aliphatic rings. The van der Waals surface area contributed by atoms with Crippen LogP contribution in [0.5, 0.6) is 0 Å². The van der Waals surface area contributed by atoms with Gasteiger partial charge in [-0.05, 0) is 42.3 Å². The first-order valence-electron chi connectivity index (χ1n) is 5.35. The van der Waals surface area contributed by atoms with Crippen molar-refractivity contribution in [2.45, 2.75) is 17.6 Å². The molecule has 2 aromatic rings. The van der Waals surface area contributed by atoms with Crippen LogP contribution in [0.25, 0.3) is 0 Å². The average Bonchev–Trinajstić information content (AvgIpc) is 2.32. The fourth-order valence-electron chi connectivity index (χ4n) is 1.44. The van der Waals surface area contributed by atoms with Crippen LogP contribution >= 0.6 is 35.0 Å². The Labute approximate surface area is 121 Å². The van der Waals surface area contributed by atoms with E-state index in [0.29, 0.717) is 10.2 Å². The SMILES string of the molecule is Cc1cc(SCc2cnc(Cl)cc2Cl)ccc1N. The van der Waals surface area contributed by atoms with Crippen molar-refractivity contribution in [1.82, 2.24) is 4.98 Å². The lowest BCUT2D eigenvalue weighted by Crippen LogP contribution is -1.89. The Kier molecular flexibility index (Phi) is 4.38. The molecule has 0 unspecified atom stereocenters. The van der Waals surface area contributed by atoms with Crippen LogP contribution in [0.2, 0.25) is 10.2 Å². The lowest BCUT2D eigenvalue weighted by molar-refractivity contribution is 1.25. The Hall–Kier alpha value is -0.900. The standard InChI is InChI=1S/C13H12Cl2N2S/c1-8-4-10(2-3-12(8)16)18-7-9-6-17-13(15)5-11(9)14/h2-6H,7,16H2,1H3. The van der Waals surface area contributed by atoms with E-state index >= 15 is 0 Å². The molecule has 0 atom stereocenters. The monoisotopic (exact) mass is 298 g/mol. The number of nitrogens with zero attached hydrogens (tertiary/aromatic N) is 1. The van der Waals surface area contributed by atoms with Gasteiger partial charge in [0.25, 0.3) is 0 Å². The molecule has 0 radical (unpaired) electrons. The maximum Gasteiger partial charge on any atom is 0.130 e. The number of thioether (sulfide) groups is 1. The third-order valence-corrected chi connectivity index (χ3v) is 4.13. The summed E-state index contributed by atoms with van der Waals surface area (Å²) in [6.45, 7) is 2.00. The molecule has 2 rings (SSSR count). The number of pyridine rings is 1. The van der Waals surface area contributed by atoms with Crippen LogP contribution in [0.15, 0.2) is 35.4 Å². The molecule has 0 saturated heterocycles. The summed E-state index contributed by atoms with van der Waals surface area (Å²) in [4.78, 5) is 5.19. The molecule has 94 valence electrons. The van der Waals surface area contributed by atoms with Crippen molar-refractivity contribution in [3.8, 4) is 0 Å². The Morgan fingerprint density at radius 3 is 2.72 bits per heavy atom. The minimum Gasteiger partial charge on any atom is -0.399 e. The molecule has 0 spiro atoms. The van der Waals surface area contributed by atoms with Crippen LogP contribution in [0.1, 0.15) is 11.1 Å². The number of rotatable bonds is 3. The second-order valence-corrected chi connectivity index (χ2v) is 5.75. The number of nitrogens with two attached hydrogens (primary N) is 1. The van der Waals surface area contributed by atoms with E-state index in [1.165, 1.54) is 0 Å². The van der Waals surface area contributed by atoms with E-state index in [1.807, 2.05) is 19.1 Å². The number of halogens is 2. The molecule has 1 heterocycles. The Morgan fingerprint density at radius 1 is 1.28 bits per heavy atom. The number of hydrogen-bond donors (Lipinski definition) is 1. The number of benzene rings is 1. The van der Waals surface area contributed by atoms with E-state index in [-0.39, 0.29) is 0 Å². The first kappa shape index (κ1) is 13.5. The normalized spacial score (nSPS) is 10.6. The smallest absolute Gasteiger partial charge is 0.130 e. The van der Waals surface area contributed by atoms with E-state index in [9.17, 15) is 0 Å². The number of hydrogen-bond acceptors (Lipinski definition) is 3. The summed E-state index contributed by atoms with van der Waals surface area (Å²) in [7, 11) is 0. The summed E-state index contributed by atoms with van der Waals surface area (Å²) in [6, 6.07) is 7.65. The molecule has 0 bridgehead atoms. The minimum absolute atomic E-state index is 0.414. The maximum absolute atomic E-state index is 6.09. The van der Waals surface area contributed by atoms with Crippen molar-refractivity contribution in [2.24, 2.45) is 0 Å². The van der Waals surface area contributed by atoms with Gasteiger partial charge in [-0.2, -0.15) is 0 Å². The summed E-state index contributed by atoms with van der Waals surface area (Å²) in [5.74, 6) is 0.756. The zero-order valence-corrected chi connectivity index (χ0v) is 12.1. The first-order chi connectivity index (χ1) is 8.56. The third kappa shape index (κ3) is 3.31. The topological polar surface area (TPSA) is 38.9 Å². The van der Waals surface area contributed by atoms with Gasteiger partial charge >= 0.3 is 0 Å². The van der Waals surface area contributed by atoms with Gasteiger partial charge in [0.1, 0.15) is 5.15 Å². The van der Waals surface area contributed by atoms with E-state index in [4.69, 9.17) is 28.9 Å². The molecule has 0 amide bonds. The van der Waals surface area contributed by atoms with E-state index < -0.39 is 0 Å². The van der Waals surface area contributed by atoms with Crippen molar-refractivity contribution >= 4 is 40.7 Å². The van der Waals surface area contributed by atoms with Gasteiger partial charge in [-0.25, -0.2) is 4.98 Å². The fraction of sp³-hybridized carbons (Fsp3) is 0.154. The molecule has 2 nitrogen and oxygen atoms in total. The summed E-state index contributed by atoms with van der Waals surface area (Å²) >= 11 is 13.5. The zero-order chi connectivity index (χ0) is 13.1. The van der Waals surface area contributed by atoms with Crippen LogP contribution in [0, 0.1) is 6.92 Å². The predicted octanol–water partition coefficient (Wildman–Crippen LogP) is 4.57. The van der Waals surface area contributed by atoms with Crippen LogP contribution in [-0.2, 0) is 5.75 Å². The first-order valence-corrected chi connectivity index (χ1v) is 7.09. The quantitative estimate of drug-likeness (QED) is 0.512. The Balaban J connectivity index is 2.09. The molecule has 0 saturated carbocycles. The number of anilines is 1. The molecule has 5 heteroatoms. The molecule has 18 heavy (non-hydrogen) atoms. The molecular formula is C13H12Cl2N2S. The molecular weight excluding hydrogens is 287 g/mol. The van der Waals surface area contributed by atoms with E-state index in [0.717, 1.165) is 27.5 Å². The highest BCUT2D eigenvalue weighted by atomic mass is 35.5. The van der Waals surface area contributed by atoms with Gasteiger partial charge in [0.05, 0.1) is 0 Å².